The van der Waals surface area contributed by atoms with Crippen LogP contribution in [0.3, 0.4) is 0 Å². The van der Waals surface area contributed by atoms with Crippen molar-refractivity contribution in [1.82, 2.24) is 0 Å². The highest BCUT2D eigenvalue weighted by Crippen LogP contribution is 2.45. The maximum absolute atomic E-state index is 2.45. The van der Waals surface area contributed by atoms with Crippen molar-refractivity contribution in [2.45, 2.75) is 104 Å². The van der Waals surface area contributed by atoms with Gasteiger partial charge in [0.1, 0.15) is 0 Å². The molecule has 0 saturated heterocycles. The van der Waals surface area contributed by atoms with E-state index in [1.807, 2.05) is 13.8 Å². The maximum atomic E-state index is 2.45. The van der Waals surface area contributed by atoms with Crippen LogP contribution in [0.2, 0.25) is 0 Å². The van der Waals surface area contributed by atoms with Crippen LogP contribution in [0.5, 0.6) is 0 Å². The van der Waals surface area contributed by atoms with E-state index >= 15 is 0 Å². The molecular formula is C21H40. The summed E-state index contributed by atoms with van der Waals surface area (Å²) in [7, 11) is 0. The van der Waals surface area contributed by atoms with Crippen molar-refractivity contribution in [3.8, 4) is 0 Å². The molecule has 0 amide bonds. The Morgan fingerprint density at radius 2 is 0.762 bits per heavy atom. The van der Waals surface area contributed by atoms with E-state index < -0.39 is 0 Å². The van der Waals surface area contributed by atoms with Crippen LogP contribution in [0.4, 0.5) is 0 Å². The maximum Gasteiger partial charge on any atom is -0.0386 e. The molecule has 21 heavy (non-hydrogen) atoms. The molecule has 3 rings (SSSR count). The minimum absolute atomic E-state index is 1.02. The Morgan fingerprint density at radius 3 is 1.19 bits per heavy atom. The van der Waals surface area contributed by atoms with Crippen molar-refractivity contribution in [3.05, 3.63) is 0 Å². The highest BCUT2D eigenvalue weighted by Gasteiger charge is 2.32. The van der Waals surface area contributed by atoms with E-state index in [9.17, 15) is 0 Å². The molecule has 0 aromatic carbocycles. The first kappa shape index (κ1) is 17.4. The van der Waals surface area contributed by atoms with Crippen molar-refractivity contribution < 1.29 is 0 Å². The molecule has 124 valence electrons. The van der Waals surface area contributed by atoms with E-state index in [0.29, 0.717) is 0 Å². The molecule has 0 aromatic rings. The van der Waals surface area contributed by atoms with Gasteiger partial charge < -0.3 is 0 Å². The van der Waals surface area contributed by atoms with Crippen molar-refractivity contribution in [2.75, 3.05) is 0 Å². The van der Waals surface area contributed by atoms with Crippen LogP contribution in [-0.2, 0) is 0 Å². The lowest BCUT2D eigenvalue weighted by Gasteiger charge is -2.40. The molecule has 0 spiro atoms. The standard InChI is InChI=1S/C19H34.C2H6/c1-15-7-9-17(10-8-15)19-13-11-18(12-14-19)16-5-3-2-4-6-16;1-2/h15-19H,2-14H2,1H3;1-2H3. The van der Waals surface area contributed by atoms with E-state index in [2.05, 4.69) is 6.92 Å². The lowest BCUT2D eigenvalue weighted by Crippen LogP contribution is -2.28. The normalized spacial score (nSPS) is 38.4. The van der Waals surface area contributed by atoms with E-state index in [4.69, 9.17) is 0 Å². The van der Waals surface area contributed by atoms with Gasteiger partial charge in [-0.15, -0.1) is 0 Å². The first-order valence-electron chi connectivity index (χ1n) is 10.3. The van der Waals surface area contributed by atoms with Gasteiger partial charge in [-0.25, -0.2) is 0 Å². The van der Waals surface area contributed by atoms with Gasteiger partial charge >= 0.3 is 0 Å². The summed E-state index contributed by atoms with van der Waals surface area (Å²) < 4.78 is 0. The number of hydrogen-bond acceptors (Lipinski definition) is 0. The molecule has 0 bridgehead atoms. The molecule has 0 radical (unpaired) electrons. The summed E-state index contributed by atoms with van der Waals surface area (Å²) >= 11 is 0. The zero-order chi connectivity index (χ0) is 15.1. The Morgan fingerprint density at radius 1 is 0.429 bits per heavy atom. The highest BCUT2D eigenvalue weighted by atomic mass is 14.4. The van der Waals surface area contributed by atoms with Gasteiger partial charge in [0, 0.05) is 0 Å². The molecule has 0 nitrogen and oxygen atoms in total. The van der Waals surface area contributed by atoms with Crippen molar-refractivity contribution >= 4 is 0 Å². The second-order valence-corrected chi connectivity index (χ2v) is 8.09. The molecule has 0 aliphatic heterocycles. The number of rotatable bonds is 2. The monoisotopic (exact) mass is 292 g/mol. The zero-order valence-corrected chi connectivity index (χ0v) is 15.1. The van der Waals surface area contributed by atoms with Gasteiger partial charge in [0.15, 0.2) is 0 Å². The molecule has 3 saturated carbocycles. The first-order chi connectivity index (χ1) is 10.3. The lowest BCUT2D eigenvalue weighted by atomic mass is 9.66. The van der Waals surface area contributed by atoms with E-state index in [0.717, 1.165) is 29.6 Å². The van der Waals surface area contributed by atoms with Crippen LogP contribution < -0.4 is 0 Å². The summed E-state index contributed by atoms with van der Waals surface area (Å²) in [6.45, 7) is 6.45. The zero-order valence-electron chi connectivity index (χ0n) is 15.1. The summed E-state index contributed by atoms with van der Waals surface area (Å²) in [5.74, 6) is 5.51. The van der Waals surface area contributed by atoms with Crippen LogP contribution in [0.15, 0.2) is 0 Å². The lowest BCUT2D eigenvalue weighted by molar-refractivity contribution is 0.115. The van der Waals surface area contributed by atoms with Crippen LogP contribution in [-0.4, -0.2) is 0 Å². The summed E-state index contributed by atoms with van der Waals surface area (Å²) in [6.07, 6.45) is 20.2. The second-order valence-electron chi connectivity index (χ2n) is 8.09. The molecule has 0 heteroatoms. The van der Waals surface area contributed by atoms with Crippen molar-refractivity contribution in [1.29, 1.82) is 0 Å². The topological polar surface area (TPSA) is 0 Å². The van der Waals surface area contributed by atoms with Crippen molar-refractivity contribution in [3.63, 3.8) is 0 Å². The summed E-state index contributed by atoms with van der Waals surface area (Å²) in [6, 6.07) is 0. The van der Waals surface area contributed by atoms with Gasteiger partial charge in [-0.1, -0.05) is 65.7 Å². The largest absolute Gasteiger partial charge is 0.0683 e. The Bertz CT molecular complexity index is 247. The smallest absolute Gasteiger partial charge is 0.0386 e. The van der Waals surface area contributed by atoms with Crippen LogP contribution in [0.1, 0.15) is 104 Å². The van der Waals surface area contributed by atoms with Gasteiger partial charge in [0.2, 0.25) is 0 Å². The quantitative estimate of drug-likeness (QED) is 0.503. The SMILES string of the molecule is CC.CC1CCC(C2CCC(C3CCCCC3)CC2)CC1. The molecule has 0 aromatic heterocycles. The van der Waals surface area contributed by atoms with Crippen LogP contribution in [0, 0.1) is 29.6 Å². The Labute approximate surface area is 134 Å². The average Bonchev–Trinajstić information content (AvgIpc) is 2.58. The number of hydrogen-bond donors (Lipinski definition) is 0. The Hall–Kier alpha value is 0. The van der Waals surface area contributed by atoms with Gasteiger partial charge in [-0.2, -0.15) is 0 Å². The Kier molecular flexibility index (Phi) is 7.61. The van der Waals surface area contributed by atoms with Gasteiger partial charge in [0.25, 0.3) is 0 Å². The summed E-state index contributed by atoms with van der Waals surface area (Å²) in [5.41, 5.74) is 0. The second kappa shape index (κ2) is 9.21. The minimum Gasteiger partial charge on any atom is -0.0683 e. The minimum atomic E-state index is 1.02. The molecule has 3 aliphatic carbocycles. The predicted molar refractivity (Wildman–Crippen MR) is 94.5 cm³/mol. The molecule has 0 heterocycles. The molecular weight excluding hydrogens is 252 g/mol. The van der Waals surface area contributed by atoms with Crippen LogP contribution in [0.25, 0.3) is 0 Å². The fourth-order valence-corrected chi connectivity index (χ4v) is 5.45. The van der Waals surface area contributed by atoms with Gasteiger partial charge in [0.05, 0.1) is 0 Å². The average molecular weight is 293 g/mol. The molecule has 0 unspecified atom stereocenters. The Balaban J connectivity index is 0.000000774. The third-order valence-electron chi connectivity index (χ3n) is 6.86. The van der Waals surface area contributed by atoms with Crippen molar-refractivity contribution in [2.24, 2.45) is 29.6 Å². The molecule has 0 atom stereocenters. The third-order valence-corrected chi connectivity index (χ3v) is 6.86. The van der Waals surface area contributed by atoms with E-state index in [1.165, 1.54) is 32.1 Å². The first-order valence-corrected chi connectivity index (χ1v) is 10.3. The fourth-order valence-electron chi connectivity index (χ4n) is 5.45. The predicted octanol–water partition coefficient (Wildman–Crippen LogP) is 7.23. The summed E-state index contributed by atoms with van der Waals surface area (Å²) in [4.78, 5) is 0. The molecule has 3 aliphatic rings. The molecule has 0 N–H and O–H groups in total. The van der Waals surface area contributed by atoms with Gasteiger partial charge in [-0.3, -0.25) is 0 Å². The highest BCUT2D eigenvalue weighted by molar-refractivity contribution is 4.84. The third kappa shape index (κ3) is 5.00. The van der Waals surface area contributed by atoms with Crippen LogP contribution >= 0.6 is 0 Å². The van der Waals surface area contributed by atoms with E-state index in [1.54, 1.807) is 51.4 Å². The molecule has 3 fully saturated rings. The van der Waals surface area contributed by atoms with Gasteiger partial charge in [-0.05, 0) is 68.1 Å². The fraction of sp³-hybridized carbons (Fsp3) is 1.00. The summed E-state index contributed by atoms with van der Waals surface area (Å²) in [5, 5.41) is 0. The van der Waals surface area contributed by atoms with E-state index in [-0.39, 0.29) is 0 Å².